The van der Waals surface area contributed by atoms with Gasteiger partial charge in [-0.1, -0.05) is 17.8 Å². The van der Waals surface area contributed by atoms with Crippen molar-refractivity contribution in [1.82, 2.24) is 0 Å². The minimum absolute atomic E-state index is 0.0733. The predicted molar refractivity (Wildman–Crippen MR) is 90.0 cm³/mol. The highest BCUT2D eigenvalue weighted by Crippen LogP contribution is 2.38. The molecule has 0 radical (unpaired) electrons. The number of benzene rings is 1. The number of nitrogens with two attached hydrogens (primary N) is 1. The smallest absolute Gasteiger partial charge is 0.406 e. The maximum atomic E-state index is 12.6. The van der Waals surface area contributed by atoms with Gasteiger partial charge in [0.1, 0.15) is 21.4 Å². The Bertz CT molecular complexity index is 688. The third-order valence-corrected chi connectivity index (χ3v) is 5.49. The van der Waals surface area contributed by atoms with E-state index in [0.717, 1.165) is 28.8 Å². The van der Waals surface area contributed by atoms with Gasteiger partial charge in [-0.25, -0.2) is 0 Å². The molecular formula is C14H13Cl2F3N2O3S. The van der Waals surface area contributed by atoms with Gasteiger partial charge in [-0.2, -0.15) is 0 Å². The number of thioether (sulfide) groups is 1. The Kier molecular flexibility index (Phi) is 5.82. The fraction of sp³-hybridized carbons (Fsp3) is 0.429. The summed E-state index contributed by atoms with van der Waals surface area (Å²) < 4.78 is 40.8. The van der Waals surface area contributed by atoms with Crippen molar-refractivity contribution >= 4 is 52.3 Å². The normalized spacial score (nSPS) is 23.5. The molecule has 0 bridgehead atoms. The fourth-order valence-electron chi connectivity index (χ4n) is 2.13. The van der Waals surface area contributed by atoms with Crippen LogP contribution in [-0.4, -0.2) is 39.6 Å². The van der Waals surface area contributed by atoms with Crippen LogP contribution in [0.4, 0.5) is 18.9 Å². The fourth-order valence-corrected chi connectivity index (χ4v) is 3.67. The van der Waals surface area contributed by atoms with Crippen LogP contribution in [0.3, 0.4) is 0 Å². The maximum absolute atomic E-state index is 12.6. The Balaban J connectivity index is 2.27. The average molecular weight is 417 g/mol. The van der Waals surface area contributed by atoms with Crippen LogP contribution in [0.2, 0.25) is 0 Å². The molecule has 1 fully saturated rings. The zero-order valence-electron chi connectivity index (χ0n) is 12.7. The number of anilines is 1. The van der Waals surface area contributed by atoms with Gasteiger partial charge in [0.15, 0.2) is 5.78 Å². The summed E-state index contributed by atoms with van der Waals surface area (Å²) in [7, 11) is 0. The van der Waals surface area contributed by atoms with E-state index < -0.39 is 39.4 Å². The van der Waals surface area contributed by atoms with Crippen molar-refractivity contribution in [2.75, 3.05) is 10.8 Å². The van der Waals surface area contributed by atoms with Crippen LogP contribution in [0.1, 0.15) is 6.92 Å². The van der Waals surface area contributed by atoms with Crippen LogP contribution in [0, 0.1) is 0 Å². The van der Waals surface area contributed by atoms with E-state index in [1.54, 1.807) is 0 Å². The van der Waals surface area contributed by atoms with E-state index in [1.165, 1.54) is 19.1 Å². The van der Waals surface area contributed by atoms with E-state index in [0.29, 0.717) is 0 Å². The minimum atomic E-state index is -4.87. The number of amides is 1. The van der Waals surface area contributed by atoms with E-state index in [1.807, 2.05) is 0 Å². The lowest BCUT2D eigenvalue weighted by Crippen LogP contribution is -2.44. The highest BCUT2D eigenvalue weighted by atomic mass is 35.5. The van der Waals surface area contributed by atoms with Crippen LogP contribution in [-0.2, 0) is 9.59 Å². The number of ketones is 1. The molecule has 1 amide bonds. The molecule has 1 aromatic rings. The van der Waals surface area contributed by atoms with Gasteiger partial charge in [0.05, 0.1) is 0 Å². The molecular weight excluding hydrogens is 404 g/mol. The second-order valence-corrected chi connectivity index (χ2v) is 7.68. The number of alkyl halides is 5. The van der Waals surface area contributed by atoms with E-state index in [4.69, 9.17) is 28.9 Å². The molecule has 3 unspecified atom stereocenters. The number of ether oxygens (including phenoxy) is 1. The molecule has 1 heterocycles. The average Bonchev–Trinajstić information content (AvgIpc) is 2.79. The van der Waals surface area contributed by atoms with Gasteiger partial charge >= 0.3 is 6.36 Å². The molecule has 138 valence electrons. The second-order valence-electron chi connectivity index (χ2n) is 5.36. The van der Waals surface area contributed by atoms with E-state index in [-0.39, 0.29) is 11.6 Å². The molecule has 11 heteroatoms. The molecule has 2 N–H and O–H groups in total. The van der Waals surface area contributed by atoms with E-state index in [2.05, 4.69) is 4.74 Å². The Morgan fingerprint density at radius 2 is 2.08 bits per heavy atom. The summed E-state index contributed by atoms with van der Waals surface area (Å²) in [4.78, 5) is 24.5. The van der Waals surface area contributed by atoms with Crippen molar-refractivity contribution in [3.05, 3.63) is 24.3 Å². The molecule has 1 aliphatic rings. The number of carbonyl (C=O) groups is 2. The summed E-state index contributed by atoms with van der Waals surface area (Å²) in [6.45, 7) is 1.38. The Labute approximate surface area is 155 Å². The molecule has 25 heavy (non-hydrogen) atoms. The number of nitrogens with zero attached hydrogens (tertiary/aromatic N) is 1. The summed E-state index contributed by atoms with van der Waals surface area (Å²) in [6.07, 6.45) is -4.87. The molecule has 3 atom stereocenters. The third kappa shape index (κ3) is 4.52. The van der Waals surface area contributed by atoms with E-state index in [9.17, 15) is 22.8 Å². The Morgan fingerprint density at radius 3 is 2.64 bits per heavy atom. The van der Waals surface area contributed by atoms with Crippen LogP contribution in [0.15, 0.2) is 24.3 Å². The van der Waals surface area contributed by atoms with Crippen LogP contribution >= 0.6 is 35.0 Å². The number of rotatable bonds is 5. The van der Waals surface area contributed by atoms with Crippen molar-refractivity contribution < 1.29 is 27.5 Å². The summed E-state index contributed by atoms with van der Waals surface area (Å²) in [5, 5.41) is -1.19. The molecule has 1 aliphatic heterocycles. The van der Waals surface area contributed by atoms with Gasteiger partial charge in [-0.3, -0.25) is 14.5 Å². The molecule has 1 saturated heterocycles. The number of halogens is 5. The Hall–Kier alpha value is -1.16. The lowest BCUT2D eigenvalue weighted by atomic mass is 10.0. The number of hydrogen-bond donors (Lipinski definition) is 1. The van der Waals surface area contributed by atoms with Crippen LogP contribution in [0.5, 0.6) is 5.75 Å². The molecule has 5 nitrogen and oxygen atoms in total. The first-order chi connectivity index (χ1) is 11.5. The topological polar surface area (TPSA) is 72.6 Å². The van der Waals surface area contributed by atoms with Crippen molar-refractivity contribution in [3.63, 3.8) is 0 Å². The highest BCUT2D eigenvalue weighted by Gasteiger charge is 2.48. The monoisotopic (exact) mass is 416 g/mol. The standard InChI is InChI=1S/C14H13Cl2F3N2O3S/c1-13(16,6-15)10(22)9-11(23)21(12(20)25-9)7-3-2-4-8(5-7)24-14(17,18)19/h2-5,9,12H,6,20H2,1H3. The molecule has 0 aliphatic carbocycles. The van der Waals surface area contributed by atoms with Crippen LogP contribution < -0.4 is 15.4 Å². The largest absolute Gasteiger partial charge is 0.573 e. The Morgan fingerprint density at radius 1 is 1.44 bits per heavy atom. The summed E-state index contributed by atoms with van der Waals surface area (Å²) >= 11 is 12.5. The van der Waals surface area contributed by atoms with Crippen molar-refractivity contribution in [3.8, 4) is 5.75 Å². The van der Waals surface area contributed by atoms with Crippen LogP contribution in [0.25, 0.3) is 0 Å². The van der Waals surface area contributed by atoms with Gasteiger partial charge < -0.3 is 10.5 Å². The molecule has 0 saturated carbocycles. The highest BCUT2D eigenvalue weighted by molar-refractivity contribution is 8.02. The van der Waals surface area contributed by atoms with Gasteiger partial charge in [-0.05, 0) is 19.1 Å². The zero-order chi connectivity index (χ0) is 19.0. The van der Waals surface area contributed by atoms with Gasteiger partial charge in [0, 0.05) is 17.6 Å². The molecule has 0 aromatic heterocycles. The summed E-state index contributed by atoms with van der Waals surface area (Å²) in [6, 6.07) is 4.76. The van der Waals surface area contributed by atoms with Gasteiger partial charge in [-0.15, -0.1) is 36.4 Å². The van der Waals surface area contributed by atoms with Gasteiger partial charge in [0.25, 0.3) is 0 Å². The van der Waals surface area contributed by atoms with Crippen molar-refractivity contribution in [1.29, 1.82) is 0 Å². The second kappa shape index (κ2) is 7.22. The first-order valence-electron chi connectivity index (χ1n) is 6.85. The zero-order valence-corrected chi connectivity index (χ0v) is 15.0. The molecule has 2 rings (SSSR count). The van der Waals surface area contributed by atoms with Crippen molar-refractivity contribution in [2.45, 2.75) is 28.9 Å². The van der Waals surface area contributed by atoms with E-state index >= 15 is 0 Å². The molecule has 1 aromatic carbocycles. The lowest BCUT2D eigenvalue weighted by molar-refractivity contribution is -0.274. The first-order valence-corrected chi connectivity index (χ1v) is 8.71. The van der Waals surface area contributed by atoms with Gasteiger partial charge in [0.2, 0.25) is 5.91 Å². The third-order valence-electron chi connectivity index (χ3n) is 3.32. The number of carbonyl (C=O) groups excluding carboxylic acids is 2. The maximum Gasteiger partial charge on any atom is 0.573 e. The predicted octanol–water partition coefficient (Wildman–Crippen LogP) is 3.08. The van der Waals surface area contributed by atoms with Crippen molar-refractivity contribution in [2.24, 2.45) is 5.73 Å². The molecule has 0 spiro atoms. The number of hydrogen-bond acceptors (Lipinski definition) is 5. The minimum Gasteiger partial charge on any atom is -0.406 e. The lowest BCUT2D eigenvalue weighted by Gasteiger charge is -2.22. The first kappa shape index (κ1) is 20.2. The quantitative estimate of drug-likeness (QED) is 0.589. The SMILES string of the molecule is CC(Cl)(CCl)C(=O)C1SC(N)N(c2cccc(OC(F)(F)F)c2)C1=O. The summed E-state index contributed by atoms with van der Waals surface area (Å²) in [5.41, 5.74) is 4.97. The number of Topliss-reactive ketones (excluding diaryl/α,β-unsaturated/α-hetero) is 1. The summed E-state index contributed by atoms with van der Waals surface area (Å²) in [5.74, 6) is -2.00.